The van der Waals surface area contributed by atoms with E-state index in [9.17, 15) is 4.79 Å². The number of nitrogens with zero attached hydrogens (tertiary/aromatic N) is 2. The number of rotatable bonds is 6. The maximum absolute atomic E-state index is 12.2. The van der Waals surface area contributed by atoms with Gasteiger partial charge in [0.25, 0.3) is 5.91 Å². The van der Waals surface area contributed by atoms with E-state index in [0.29, 0.717) is 5.69 Å². The van der Waals surface area contributed by atoms with Crippen LogP contribution in [0.2, 0.25) is 0 Å². The molecule has 3 aromatic rings. The summed E-state index contributed by atoms with van der Waals surface area (Å²) in [6.07, 6.45) is 1.73. The first-order valence-corrected chi connectivity index (χ1v) is 8.16. The average molecular weight is 327 g/mol. The molecule has 23 heavy (non-hydrogen) atoms. The summed E-state index contributed by atoms with van der Waals surface area (Å²) in [5.74, 6) is 0.574. The van der Waals surface area contributed by atoms with Gasteiger partial charge in [-0.2, -0.15) is 5.10 Å². The minimum atomic E-state index is -0.190. The normalized spacial score (nSPS) is 11.9. The van der Waals surface area contributed by atoms with Crippen LogP contribution >= 0.6 is 11.3 Å². The van der Waals surface area contributed by atoms with Gasteiger partial charge in [0.15, 0.2) is 6.73 Å². The second-order valence-corrected chi connectivity index (χ2v) is 6.02. The number of ether oxygens (including phenoxy) is 1. The number of amides is 1. The first-order chi connectivity index (χ1) is 11.2. The van der Waals surface area contributed by atoms with Crippen molar-refractivity contribution in [3.8, 4) is 5.75 Å². The first-order valence-electron chi connectivity index (χ1n) is 7.28. The maximum atomic E-state index is 12.2. The van der Waals surface area contributed by atoms with Gasteiger partial charge in [0.05, 0.1) is 6.04 Å². The largest absolute Gasteiger partial charge is 0.471 e. The molecule has 0 bridgehead atoms. The lowest BCUT2D eigenvalue weighted by Gasteiger charge is -2.10. The third-order valence-electron chi connectivity index (χ3n) is 3.30. The Labute approximate surface area is 138 Å². The molecule has 1 unspecified atom stereocenters. The monoisotopic (exact) mass is 327 g/mol. The van der Waals surface area contributed by atoms with Gasteiger partial charge in [-0.05, 0) is 36.6 Å². The third-order valence-corrected chi connectivity index (χ3v) is 4.35. The minimum Gasteiger partial charge on any atom is -0.471 e. The number of hydrogen-bond donors (Lipinski definition) is 1. The topological polar surface area (TPSA) is 56.2 Å². The van der Waals surface area contributed by atoms with Crippen molar-refractivity contribution >= 4 is 17.2 Å². The van der Waals surface area contributed by atoms with E-state index in [4.69, 9.17) is 4.74 Å². The summed E-state index contributed by atoms with van der Waals surface area (Å²) in [6.45, 7) is 2.22. The van der Waals surface area contributed by atoms with Crippen molar-refractivity contribution in [2.24, 2.45) is 0 Å². The number of thiophene rings is 1. The van der Waals surface area contributed by atoms with E-state index in [0.717, 1.165) is 10.6 Å². The van der Waals surface area contributed by atoms with Crippen LogP contribution in [0.5, 0.6) is 5.75 Å². The van der Waals surface area contributed by atoms with Crippen molar-refractivity contribution in [3.05, 3.63) is 70.7 Å². The van der Waals surface area contributed by atoms with Gasteiger partial charge in [-0.25, -0.2) is 4.68 Å². The lowest BCUT2D eigenvalue weighted by molar-refractivity contribution is 0.0933. The standard InChI is InChI=1S/C17H17N3O2S/c1-13(16-8-5-11-23-16)18-17(21)15-9-10-20(19-15)12-22-14-6-3-2-4-7-14/h2-11,13H,12H2,1H3,(H,18,21). The zero-order chi connectivity index (χ0) is 16.1. The van der Waals surface area contributed by atoms with E-state index >= 15 is 0 Å². The Hall–Kier alpha value is -2.60. The number of hydrogen-bond acceptors (Lipinski definition) is 4. The summed E-state index contributed by atoms with van der Waals surface area (Å²) >= 11 is 1.62. The Balaban J connectivity index is 1.57. The highest BCUT2D eigenvalue weighted by Crippen LogP contribution is 2.18. The van der Waals surface area contributed by atoms with Crippen LogP contribution in [0.1, 0.15) is 28.3 Å². The number of para-hydroxylation sites is 1. The molecular formula is C17H17N3O2S. The molecule has 0 aliphatic carbocycles. The van der Waals surface area contributed by atoms with Crippen LogP contribution in [0.4, 0.5) is 0 Å². The van der Waals surface area contributed by atoms with E-state index in [1.807, 2.05) is 54.8 Å². The van der Waals surface area contributed by atoms with E-state index < -0.39 is 0 Å². The number of nitrogens with one attached hydrogen (secondary N) is 1. The number of benzene rings is 1. The van der Waals surface area contributed by atoms with Gasteiger partial charge < -0.3 is 10.1 Å². The van der Waals surface area contributed by atoms with Crippen LogP contribution in [0.3, 0.4) is 0 Å². The molecule has 2 heterocycles. The van der Waals surface area contributed by atoms with Gasteiger partial charge in [0, 0.05) is 11.1 Å². The fraction of sp³-hybridized carbons (Fsp3) is 0.176. The molecule has 3 rings (SSSR count). The quantitative estimate of drug-likeness (QED) is 0.754. The molecule has 2 aromatic heterocycles. The molecule has 0 spiro atoms. The zero-order valence-electron chi connectivity index (χ0n) is 12.7. The van der Waals surface area contributed by atoms with E-state index in [-0.39, 0.29) is 18.7 Å². The molecule has 0 aliphatic heterocycles. The van der Waals surface area contributed by atoms with Crippen molar-refractivity contribution in [1.29, 1.82) is 0 Å². The molecule has 0 radical (unpaired) electrons. The smallest absolute Gasteiger partial charge is 0.272 e. The Morgan fingerprint density at radius 2 is 2.09 bits per heavy atom. The number of aromatic nitrogens is 2. The van der Waals surface area contributed by atoms with Crippen LogP contribution in [-0.2, 0) is 6.73 Å². The van der Waals surface area contributed by atoms with Crippen LogP contribution in [0.25, 0.3) is 0 Å². The summed E-state index contributed by atoms with van der Waals surface area (Å²) in [7, 11) is 0. The van der Waals surface area contributed by atoms with Gasteiger partial charge in [0.2, 0.25) is 0 Å². The molecule has 0 saturated carbocycles. The Bertz CT molecular complexity index is 753. The first kappa shape index (κ1) is 15.3. The maximum Gasteiger partial charge on any atom is 0.272 e. The molecule has 1 N–H and O–H groups in total. The van der Waals surface area contributed by atoms with Crippen LogP contribution in [-0.4, -0.2) is 15.7 Å². The molecular weight excluding hydrogens is 310 g/mol. The van der Waals surface area contributed by atoms with Gasteiger partial charge in [-0.15, -0.1) is 11.3 Å². The summed E-state index contributed by atoms with van der Waals surface area (Å²) in [4.78, 5) is 13.3. The van der Waals surface area contributed by atoms with E-state index in [1.165, 1.54) is 0 Å². The van der Waals surface area contributed by atoms with E-state index in [2.05, 4.69) is 10.4 Å². The third kappa shape index (κ3) is 3.98. The van der Waals surface area contributed by atoms with Crippen molar-refractivity contribution < 1.29 is 9.53 Å². The summed E-state index contributed by atoms with van der Waals surface area (Å²) in [6, 6.07) is 15.1. The second kappa shape index (κ2) is 7.11. The highest BCUT2D eigenvalue weighted by Gasteiger charge is 2.14. The van der Waals surface area contributed by atoms with E-state index in [1.54, 1.807) is 28.3 Å². The van der Waals surface area contributed by atoms with Crippen LogP contribution in [0.15, 0.2) is 60.1 Å². The second-order valence-electron chi connectivity index (χ2n) is 5.04. The zero-order valence-corrected chi connectivity index (χ0v) is 13.5. The Kier molecular flexibility index (Phi) is 4.73. The fourth-order valence-electron chi connectivity index (χ4n) is 2.09. The predicted octanol–water partition coefficient (Wildman–Crippen LogP) is 3.47. The Morgan fingerprint density at radius 1 is 1.26 bits per heavy atom. The van der Waals surface area contributed by atoms with Gasteiger partial charge in [-0.3, -0.25) is 4.79 Å². The lowest BCUT2D eigenvalue weighted by atomic mass is 10.2. The highest BCUT2D eigenvalue weighted by atomic mass is 32.1. The van der Waals surface area contributed by atoms with Gasteiger partial charge in [0.1, 0.15) is 11.4 Å². The SMILES string of the molecule is CC(NC(=O)c1ccn(COc2ccccc2)n1)c1cccs1. The van der Waals surface area contributed by atoms with Crippen molar-refractivity contribution in [2.45, 2.75) is 19.7 Å². The van der Waals surface area contributed by atoms with Gasteiger partial charge >= 0.3 is 0 Å². The predicted molar refractivity (Wildman–Crippen MR) is 89.5 cm³/mol. The van der Waals surface area contributed by atoms with Crippen molar-refractivity contribution in [1.82, 2.24) is 15.1 Å². The van der Waals surface area contributed by atoms with Gasteiger partial charge in [-0.1, -0.05) is 24.3 Å². The van der Waals surface area contributed by atoms with Crippen molar-refractivity contribution in [2.75, 3.05) is 0 Å². The summed E-state index contributed by atoms with van der Waals surface area (Å²) in [5, 5.41) is 9.18. The fourth-order valence-corrected chi connectivity index (χ4v) is 2.83. The highest BCUT2D eigenvalue weighted by molar-refractivity contribution is 7.10. The number of carbonyl (C=O) groups excluding carboxylic acids is 1. The lowest BCUT2D eigenvalue weighted by Crippen LogP contribution is -2.26. The molecule has 0 saturated heterocycles. The molecule has 1 aromatic carbocycles. The summed E-state index contributed by atoms with van der Waals surface area (Å²) < 4.78 is 7.19. The molecule has 1 amide bonds. The van der Waals surface area contributed by atoms with Crippen LogP contribution < -0.4 is 10.1 Å². The molecule has 0 fully saturated rings. The molecule has 0 aliphatic rings. The summed E-state index contributed by atoms with van der Waals surface area (Å²) in [5.41, 5.74) is 0.380. The average Bonchev–Trinajstić information content (AvgIpc) is 3.25. The number of carbonyl (C=O) groups is 1. The molecule has 5 nitrogen and oxygen atoms in total. The minimum absolute atomic E-state index is 0.0341. The van der Waals surface area contributed by atoms with Crippen LogP contribution in [0, 0.1) is 0 Å². The molecule has 118 valence electrons. The molecule has 1 atom stereocenters. The Morgan fingerprint density at radius 3 is 2.83 bits per heavy atom. The van der Waals surface area contributed by atoms with Crippen molar-refractivity contribution in [3.63, 3.8) is 0 Å². The molecule has 6 heteroatoms.